The lowest BCUT2D eigenvalue weighted by Crippen LogP contribution is -2.26. The summed E-state index contributed by atoms with van der Waals surface area (Å²) in [6.07, 6.45) is 2.39. The minimum Gasteiger partial charge on any atom is -0.354 e. The molecular weight excluding hydrogens is 402 g/mol. The number of rotatable bonds is 8. The number of nitrogens with zero attached hydrogens (tertiary/aromatic N) is 2. The van der Waals surface area contributed by atoms with Gasteiger partial charge in [-0.15, -0.1) is 0 Å². The SMILES string of the molecule is CC(=O)Nc1ccc(-c2ccnc(NCCCNC(=O)c3ccccc3Cl)n2)cc1. The molecule has 0 aliphatic carbocycles. The van der Waals surface area contributed by atoms with E-state index in [0.717, 1.165) is 16.9 Å². The second-order valence-corrected chi connectivity index (χ2v) is 6.95. The molecule has 0 aliphatic heterocycles. The highest BCUT2D eigenvalue weighted by atomic mass is 35.5. The molecule has 0 saturated heterocycles. The minimum absolute atomic E-state index is 0.112. The topological polar surface area (TPSA) is 96.0 Å². The van der Waals surface area contributed by atoms with Crippen LogP contribution in [0.1, 0.15) is 23.7 Å². The Bertz CT molecular complexity index is 1020. The van der Waals surface area contributed by atoms with Gasteiger partial charge in [0, 0.05) is 37.5 Å². The molecule has 3 aromatic rings. The number of amides is 2. The number of aromatic nitrogens is 2. The van der Waals surface area contributed by atoms with Crippen molar-refractivity contribution in [1.29, 1.82) is 0 Å². The van der Waals surface area contributed by atoms with Crippen LogP contribution in [0.25, 0.3) is 11.3 Å². The predicted octanol–water partition coefficient (Wildman–Crippen LogP) is 3.99. The van der Waals surface area contributed by atoms with Gasteiger partial charge in [0.15, 0.2) is 0 Å². The van der Waals surface area contributed by atoms with Crippen LogP contribution in [0, 0.1) is 0 Å². The zero-order valence-electron chi connectivity index (χ0n) is 16.5. The maximum absolute atomic E-state index is 12.1. The van der Waals surface area contributed by atoms with E-state index >= 15 is 0 Å². The van der Waals surface area contributed by atoms with Gasteiger partial charge >= 0.3 is 0 Å². The molecule has 8 heteroatoms. The smallest absolute Gasteiger partial charge is 0.252 e. The maximum atomic E-state index is 12.1. The fourth-order valence-electron chi connectivity index (χ4n) is 2.76. The molecule has 3 N–H and O–H groups in total. The highest BCUT2D eigenvalue weighted by Crippen LogP contribution is 2.20. The number of halogens is 1. The summed E-state index contributed by atoms with van der Waals surface area (Å²) in [5.41, 5.74) is 2.89. The lowest BCUT2D eigenvalue weighted by Gasteiger charge is -2.09. The van der Waals surface area contributed by atoms with Gasteiger partial charge in [-0.25, -0.2) is 9.97 Å². The van der Waals surface area contributed by atoms with E-state index in [4.69, 9.17) is 11.6 Å². The second-order valence-electron chi connectivity index (χ2n) is 6.54. The van der Waals surface area contributed by atoms with Crippen LogP contribution in [0.3, 0.4) is 0 Å². The Balaban J connectivity index is 1.48. The summed E-state index contributed by atoms with van der Waals surface area (Å²) in [6, 6.07) is 16.2. The lowest BCUT2D eigenvalue weighted by atomic mass is 10.1. The van der Waals surface area contributed by atoms with Gasteiger partial charge in [0.1, 0.15) is 0 Å². The lowest BCUT2D eigenvalue weighted by molar-refractivity contribution is -0.114. The summed E-state index contributed by atoms with van der Waals surface area (Å²) < 4.78 is 0. The van der Waals surface area contributed by atoms with Gasteiger partial charge in [-0.3, -0.25) is 9.59 Å². The molecule has 30 heavy (non-hydrogen) atoms. The van der Waals surface area contributed by atoms with Crippen molar-refractivity contribution in [3.8, 4) is 11.3 Å². The molecule has 0 unspecified atom stereocenters. The molecule has 0 bridgehead atoms. The first-order chi connectivity index (χ1) is 14.5. The number of hydrogen-bond acceptors (Lipinski definition) is 5. The van der Waals surface area contributed by atoms with Crippen LogP contribution in [0.4, 0.5) is 11.6 Å². The molecule has 154 valence electrons. The van der Waals surface area contributed by atoms with Crippen molar-refractivity contribution in [3.05, 3.63) is 71.4 Å². The number of hydrogen-bond donors (Lipinski definition) is 3. The van der Waals surface area contributed by atoms with Crippen molar-refractivity contribution >= 4 is 35.1 Å². The molecule has 2 aromatic carbocycles. The number of carbonyl (C=O) groups is 2. The van der Waals surface area contributed by atoms with E-state index in [2.05, 4.69) is 25.9 Å². The largest absolute Gasteiger partial charge is 0.354 e. The third kappa shape index (κ3) is 6.02. The highest BCUT2D eigenvalue weighted by molar-refractivity contribution is 6.33. The van der Waals surface area contributed by atoms with E-state index in [9.17, 15) is 9.59 Å². The van der Waals surface area contributed by atoms with Crippen LogP contribution in [0.5, 0.6) is 0 Å². The van der Waals surface area contributed by atoms with Crippen LogP contribution in [0.2, 0.25) is 5.02 Å². The third-order valence-electron chi connectivity index (χ3n) is 4.20. The van der Waals surface area contributed by atoms with Crippen LogP contribution in [-0.2, 0) is 4.79 Å². The molecule has 3 rings (SSSR count). The second kappa shape index (κ2) is 10.4. The Kier molecular flexibility index (Phi) is 7.34. The van der Waals surface area contributed by atoms with E-state index < -0.39 is 0 Å². The molecule has 0 aliphatic rings. The normalized spacial score (nSPS) is 10.3. The zero-order valence-corrected chi connectivity index (χ0v) is 17.2. The molecule has 0 fully saturated rings. The maximum Gasteiger partial charge on any atom is 0.252 e. The molecule has 1 heterocycles. The average molecular weight is 424 g/mol. The van der Waals surface area contributed by atoms with Crippen molar-refractivity contribution in [1.82, 2.24) is 15.3 Å². The molecule has 0 spiro atoms. The molecule has 1 aromatic heterocycles. The first kappa shape index (κ1) is 21.3. The predicted molar refractivity (Wildman–Crippen MR) is 119 cm³/mol. The average Bonchev–Trinajstić information content (AvgIpc) is 2.74. The quantitative estimate of drug-likeness (QED) is 0.476. The molecule has 7 nitrogen and oxygen atoms in total. The summed E-state index contributed by atoms with van der Waals surface area (Å²) in [5.74, 6) is 0.205. The van der Waals surface area contributed by atoms with Gasteiger partial charge in [0.2, 0.25) is 11.9 Å². The summed E-state index contributed by atoms with van der Waals surface area (Å²) in [6.45, 7) is 2.58. The standard InChI is InChI=1S/C22H22ClN5O2/c1-15(29)27-17-9-7-16(8-10-17)20-11-14-26-22(28-20)25-13-4-12-24-21(30)18-5-2-3-6-19(18)23/h2-3,5-11,14H,4,12-13H2,1H3,(H,24,30)(H,27,29)(H,25,26,28). The monoisotopic (exact) mass is 423 g/mol. The number of nitrogens with one attached hydrogen (secondary N) is 3. The zero-order chi connectivity index (χ0) is 21.3. The van der Waals surface area contributed by atoms with Crippen LogP contribution >= 0.6 is 11.6 Å². The van der Waals surface area contributed by atoms with Crippen molar-refractivity contribution in [2.75, 3.05) is 23.7 Å². The molecule has 0 saturated carbocycles. The summed E-state index contributed by atoms with van der Waals surface area (Å²) in [4.78, 5) is 32.0. The fraction of sp³-hybridized carbons (Fsp3) is 0.182. The first-order valence-electron chi connectivity index (χ1n) is 9.50. The van der Waals surface area contributed by atoms with Crippen LogP contribution in [-0.4, -0.2) is 34.9 Å². The molecule has 2 amide bonds. The van der Waals surface area contributed by atoms with Gasteiger partial charge in [0.25, 0.3) is 5.91 Å². The van der Waals surface area contributed by atoms with Crippen molar-refractivity contribution in [3.63, 3.8) is 0 Å². The van der Waals surface area contributed by atoms with Gasteiger partial charge in [-0.2, -0.15) is 0 Å². The van der Waals surface area contributed by atoms with Gasteiger partial charge < -0.3 is 16.0 Å². The van der Waals surface area contributed by atoms with E-state index in [-0.39, 0.29) is 11.8 Å². The Morgan fingerprint density at radius 1 is 1.00 bits per heavy atom. The van der Waals surface area contributed by atoms with Gasteiger partial charge in [-0.1, -0.05) is 35.9 Å². The fourth-order valence-corrected chi connectivity index (χ4v) is 2.98. The Morgan fingerprint density at radius 3 is 2.50 bits per heavy atom. The van der Waals surface area contributed by atoms with Gasteiger partial charge in [0.05, 0.1) is 16.3 Å². The van der Waals surface area contributed by atoms with Crippen LogP contribution < -0.4 is 16.0 Å². The summed E-state index contributed by atoms with van der Waals surface area (Å²) >= 11 is 6.03. The summed E-state index contributed by atoms with van der Waals surface area (Å²) in [7, 11) is 0. The number of anilines is 2. The summed E-state index contributed by atoms with van der Waals surface area (Å²) in [5, 5.41) is 9.18. The van der Waals surface area contributed by atoms with Crippen molar-refractivity contribution in [2.24, 2.45) is 0 Å². The highest BCUT2D eigenvalue weighted by Gasteiger charge is 2.08. The van der Waals surface area contributed by atoms with Crippen LogP contribution in [0.15, 0.2) is 60.8 Å². The Morgan fingerprint density at radius 2 is 1.77 bits per heavy atom. The Hall–Kier alpha value is -3.45. The van der Waals surface area contributed by atoms with E-state index in [1.165, 1.54) is 6.92 Å². The van der Waals surface area contributed by atoms with Crippen molar-refractivity contribution < 1.29 is 9.59 Å². The van der Waals surface area contributed by atoms with E-state index in [1.54, 1.807) is 30.5 Å². The molecular formula is C22H22ClN5O2. The third-order valence-corrected chi connectivity index (χ3v) is 4.53. The number of carbonyl (C=O) groups excluding carboxylic acids is 2. The van der Waals surface area contributed by atoms with E-state index in [0.29, 0.717) is 36.0 Å². The molecule has 0 atom stereocenters. The number of benzene rings is 2. The van der Waals surface area contributed by atoms with Gasteiger partial charge in [-0.05, 0) is 36.8 Å². The molecule has 0 radical (unpaired) electrons. The Labute approximate surface area is 179 Å². The minimum atomic E-state index is -0.193. The van der Waals surface area contributed by atoms with E-state index in [1.807, 2.05) is 30.3 Å². The van der Waals surface area contributed by atoms with Crippen molar-refractivity contribution in [2.45, 2.75) is 13.3 Å². The first-order valence-corrected chi connectivity index (χ1v) is 9.88.